The SMILES string of the molecule is CCN1/C(=C/C=C/C2=[N+](CC)c3ccc4ccccc4c3C2(C)C)C(C)(C)c2c1ccc1ccccc21.F[P-](F)(F)(F)(F)F. The molecule has 9 heteroatoms. The van der Waals surface area contributed by atoms with Gasteiger partial charge in [-0.15, -0.1) is 0 Å². The number of allylic oxidation sites excluding steroid dienone is 4. The van der Waals surface area contributed by atoms with E-state index in [4.69, 9.17) is 0 Å². The molecule has 0 unspecified atom stereocenters. The predicted octanol–water partition coefficient (Wildman–Crippen LogP) is 12.0. The first-order valence-corrected chi connectivity index (χ1v) is 16.7. The van der Waals surface area contributed by atoms with Crippen LogP contribution < -0.4 is 4.90 Å². The van der Waals surface area contributed by atoms with Crippen molar-refractivity contribution < 1.29 is 29.8 Å². The van der Waals surface area contributed by atoms with Gasteiger partial charge in [0.05, 0.1) is 5.41 Å². The van der Waals surface area contributed by atoms with Crippen molar-refractivity contribution in [3.8, 4) is 0 Å². The van der Waals surface area contributed by atoms with Crippen molar-refractivity contribution in [1.29, 1.82) is 0 Å². The van der Waals surface area contributed by atoms with Crippen molar-refractivity contribution in [2.75, 3.05) is 18.0 Å². The van der Waals surface area contributed by atoms with Gasteiger partial charge in [-0.05, 0) is 73.0 Å². The Morgan fingerprint density at radius 3 is 1.77 bits per heavy atom. The first kappa shape index (κ1) is 31.8. The van der Waals surface area contributed by atoms with Crippen LogP contribution in [0.5, 0.6) is 0 Å². The van der Waals surface area contributed by atoms with Crippen LogP contribution in [0, 0.1) is 0 Å². The Morgan fingerprint density at radius 2 is 1.23 bits per heavy atom. The molecule has 0 N–H and O–H groups in total. The van der Waals surface area contributed by atoms with Crippen LogP contribution in [0.4, 0.5) is 36.6 Å². The maximum atomic E-state index is 9.87. The van der Waals surface area contributed by atoms with E-state index in [2.05, 4.69) is 142 Å². The summed E-state index contributed by atoms with van der Waals surface area (Å²) < 4.78 is 61.7. The second-order valence-electron chi connectivity index (χ2n) is 12.4. The number of hydrogen-bond donors (Lipinski definition) is 0. The number of nitrogens with zero attached hydrogens (tertiary/aromatic N) is 2. The quantitative estimate of drug-likeness (QED) is 0.124. The Morgan fingerprint density at radius 1 is 0.705 bits per heavy atom. The van der Waals surface area contributed by atoms with Crippen molar-refractivity contribution in [2.24, 2.45) is 0 Å². The van der Waals surface area contributed by atoms with Crippen LogP contribution >= 0.6 is 7.81 Å². The fraction of sp³-hybridized carbons (Fsp3) is 0.286. The van der Waals surface area contributed by atoms with Crippen molar-refractivity contribution in [2.45, 2.75) is 52.4 Å². The third-order valence-corrected chi connectivity index (χ3v) is 8.65. The zero-order chi connectivity index (χ0) is 32.4. The van der Waals surface area contributed by atoms with E-state index >= 15 is 0 Å². The molecule has 0 saturated carbocycles. The Hall–Kier alpha value is -3.64. The van der Waals surface area contributed by atoms with E-state index < -0.39 is 7.81 Å². The molecule has 0 atom stereocenters. The molecule has 0 saturated heterocycles. The van der Waals surface area contributed by atoms with Crippen molar-refractivity contribution >= 4 is 46.4 Å². The minimum atomic E-state index is -10.7. The summed E-state index contributed by atoms with van der Waals surface area (Å²) in [6.07, 6.45) is 7.01. The van der Waals surface area contributed by atoms with E-state index in [9.17, 15) is 25.2 Å². The summed E-state index contributed by atoms with van der Waals surface area (Å²) in [6.45, 7) is 15.9. The molecule has 0 fully saturated rings. The molecule has 4 aromatic carbocycles. The molecule has 0 spiro atoms. The molecule has 2 nitrogen and oxygen atoms in total. The third-order valence-electron chi connectivity index (χ3n) is 8.65. The number of hydrogen-bond acceptors (Lipinski definition) is 1. The van der Waals surface area contributed by atoms with Crippen LogP contribution in [0.15, 0.2) is 96.7 Å². The molecule has 0 aliphatic carbocycles. The zero-order valence-corrected chi connectivity index (χ0v) is 26.6. The molecule has 0 amide bonds. The van der Waals surface area contributed by atoms with Crippen LogP contribution in [0.3, 0.4) is 0 Å². The summed E-state index contributed by atoms with van der Waals surface area (Å²) in [5.41, 5.74) is 8.14. The van der Waals surface area contributed by atoms with Gasteiger partial charge >= 0.3 is 33.0 Å². The van der Waals surface area contributed by atoms with Gasteiger partial charge in [-0.25, -0.2) is 0 Å². The minimum absolute atomic E-state index is 0.0734. The van der Waals surface area contributed by atoms with Crippen molar-refractivity contribution in [3.05, 3.63) is 108 Å². The van der Waals surface area contributed by atoms with E-state index in [-0.39, 0.29) is 10.8 Å². The molecular formula is C35H37F6N2P. The molecule has 44 heavy (non-hydrogen) atoms. The maximum absolute atomic E-state index is 10.7. The van der Waals surface area contributed by atoms with Gasteiger partial charge < -0.3 is 4.90 Å². The van der Waals surface area contributed by atoms with Gasteiger partial charge in [-0.3, -0.25) is 0 Å². The normalized spacial score (nSPS) is 19.6. The van der Waals surface area contributed by atoms with Gasteiger partial charge in [0, 0.05) is 41.1 Å². The zero-order valence-electron chi connectivity index (χ0n) is 25.7. The number of fused-ring (bicyclic) bond motifs is 6. The molecule has 0 aromatic heterocycles. The monoisotopic (exact) mass is 630 g/mol. The standard InChI is InChI=1S/C35H37N2.F6P/c1-7-36-28-22-20-24-14-9-11-16-26(24)32(28)34(3,4)30(36)18-13-19-31-35(5,6)33-27-17-12-10-15-25(27)21-23-29(33)37(31)8-2;1-7(2,3,4,5)6/h9-23H,7-8H2,1-6H3;/q+1;-1. The second-order valence-corrected chi connectivity index (χ2v) is 14.3. The van der Waals surface area contributed by atoms with E-state index in [1.54, 1.807) is 0 Å². The molecule has 2 aliphatic rings. The Bertz CT molecular complexity index is 1870. The number of benzene rings is 4. The van der Waals surface area contributed by atoms with E-state index in [0.29, 0.717) is 0 Å². The van der Waals surface area contributed by atoms with Crippen LogP contribution in [-0.4, -0.2) is 23.4 Å². The number of anilines is 1. The third kappa shape index (κ3) is 6.01. The first-order valence-electron chi connectivity index (χ1n) is 14.7. The van der Waals surface area contributed by atoms with Gasteiger partial charge in [0.2, 0.25) is 5.69 Å². The molecular weight excluding hydrogens is 593 g/mol. The summed E-state index contributed by atoms with van der Waals surface area (Å²) in [5.74, 6) is 0. The van der Waals surface area contributed by atoms with Crippen LogP contribution in [0.1, 0.15) is 52.7 Å². The van der Waals surface area contributed by atoms with Crippen LogP contribution in [-0.2, 0) is 10.8 Å². The van der Waals surface area contributed by atoms with E-state index in [1.807, 2.05) is 0 Å². The van der Waals surface area contributed by atoms with Crippen LogP contribution in [0.2, 0.25) is 0 Å². The molecule has 2 heterocycles. The van der Waals surface area contributed by atoms with Crippen molar-refractivity contribution in [1.82, 2.24) is 0 Å². The molecule has 0 bridgehead atoms. The van der Waals surface area contributed by atoms with Gasteiger partial charge in [-0.1, -0.05) is 74.5 Å². The van der Waals surface area contributed by atoms with Crippen LogP contribution in [0.25, 0.3) is 21.5 Å². The summed E-state index contributed by atoms with van der Waals surface area (Å²) >= 11 is 0. The predicted molar refractivity (Wildman–Crippen MR) is 173 cm³/mol. The Kier molecular flexibility index (Phi) is 7.17. The summed E-state index contributed by atoms with van der Waals surface area (Å²) in [5, 5.41) is 5.35. The number of likely N-dealkylation sites (N-methyl/N-ethyl adjacent to an activating group) is 1. The Labute approximate surface area is 254 Å². The van der Waals surface area contributed by atoms with Gasteiger partial charge in [0.1, 0.15) is 6.54 Å². The molecule has 6 rings (SSSR count). The van der Waals surface area contributed by atoms with Gasteiger partial charge in [-0.2, -0.15) is 4.58 Å². The molecule has 0 radical (unpaired) electrons. The average molecular weight is 631 g/mol. The fourth-order valence-corrected chi connectivity index (χ4v) is 6.98. The number of rotatable bonds is 4. The number of halogens is 6. The second kappa shape index (κ2) is 9.93. The molecule has 4 aromatic rings. The van der Waals surface area contributed by atoms with E-state index in [1.165, 1.54) is 55.5 Å². The molecule has 2 aliphatic heterocycles. The Balaban J connectivity index is 0.000000493. The van der Waals surface area contributed by atoms with Gasteiger partial charge in [0.25, 0.3) is 0 Å². The van der Waals surface area contributed by atoms with Crippen molar-refractivity contribution in [3.63, 3.8) is 0 Å². The van der Waals surface area contributed by atoms with Gasteiger partial charge in [0.15, 0.2) is 5.71 Å². The van der Waals surface area contributed by atoms with E-state index in [0.717, 1.165) is 13.1 Å². The topological polar surface area (TPSA) is 6.25 Å². The average Bonchev–Trinajstić information content (AvgIpc) is 3.29. The first-order chi connectivity index (χ1) is 20.3. The fourth-order valence-electron chi connectivity index (χ4n) is 6.98. The summed E-state index contributed by atoms with van der Waals surface area (Å²) in [7, 11) is -10.7. The molecule has 234 valence electrons. The summed E-state index contributed by atoms with van der Waals surface area (Å²) in [6, 6.07) is 26.8. The summed E-state index contributed by atoms with van der Waals surface area (Å²) in [4.78, 5) is 2.50.